The standard InChI is InChI=1S/C15H28N2S/c1-15(2,14(16)18)6-7-17(3)10-13-9-11-4-5-12(13)8-11/h11-13H,4-10H2,1-3H3,(H2,16,18). The van der Waals surface area contributed by atoms with Crippen LogP contribution in [0.25, 0.3) is 0 Å². The molecule has 0 amide bonds. The Balaban J connectivity index is 1.72. The van der Waals surface area contributed by atoms with Crippen LogP contribution >= 0.6 is 12.2 Å². The van der Waals surface area contributed by atoms with Gasteiger partial charge in [0.15, 0.2) is 0 Å². The van der Waals surface area contributed by atoms with Crippen LogP contribution < -0.4 is 5.73 Å². The SMILES string of the molecule is CN(CCC(C)(C)C(N)=S)CC1CC2CCC1C2. The van der Waals surface area contributed by atoms with E-state index in [1.165, 1.54) is 32.2 Å². The fourth-order valence-corrected chi connectivity index (χ4v) is 3.79. The maximum absolute atomic E-state index is 5.78. The fourth-order valence-electron chi connectivity index (χ4n) is 3.69. The van der Waals surface area contributed by atoms with E-state index in [-0.39, 0.29) is 5.41 Å². The van der Waals surface area contributed by atoms with Gasteiger partial charge in [-0.25, -0.2) is 0 Å². The lowest BCUT2D eigenvalue weighted by Crippen LogP contribution is -2.36. The molecule has 2 bridgehead atoms. The third-order valence-corrected chi connectivity index (χ3v) is 5.77. The molecule has 0 heterocycles. The Morgan fingerprint density at radius 2 is 2.06 bits per heavy atom. The van der Waals surface area contributed by atoms with Gasteiger partial charge in [-0.15, -0.1) is 0 Å². The van der Waals surface area contributed by atoms with E-state index in [9.17, 15) is 0 Å². The Morgan fingerprint density at radius 1 is 1.33 bits per heavy atom. The predicted molar refractivity (Wildman–Crippen MR) is 81.6 cm³/mol. The summed E-state index contributed by atoms with van der Waals surface area (Å²) >= 11 is 5.13. The highest BCUT2D eigenvalue weighted by Crippen LogP contribution is 2.48. The lowest BCUT2D eigenvalue weighted by Gasteiger charge is -2.30. The van der Waals surface area contributed by atoms with Crippen molar-refractivity contribution in [3.8, 4) is 0 Å². The summed E-state index contributed by atoms with van der Waals surface area (Å²) in [7, 11) is 2.25. The first-order valence-corrected chi connectivity index (χ1v) is 7.78. The maximum Gasteiger partial charge on any atom is 0.0784 e. The summed E-state index contributed by atoms with van der Waals surface area (Å²) in [6.45, 7) is 6.69. The summed E-state index contributed by atoms with van der Waals surface area (Å²) in [6.07, 6.45) is 7.05. The van der Waals surface area contributed by atoms with Crippen molar-refractivity contribution >= 4 is 17.2 Å². The number of nitrogens with two attached hydrogens (primary N) is 1. The molecule has 18 heavy (non-hydrogen) atoms. The number of thiocarbonyl (C=S) groups is 1. The second-order valence-electron chi connectivity index (χ2n) is 7.20. The molecule has 2 N–H and O–H groups in total. The van der Waals surface area contributed by atoms with E-state index in [1.54, 1.807) is 0 Å². The van der Waals surface area contributed by atoms with Gasteiger partial charge in [-0.2, -0.15) is 0 Å². The van der Waals surface area contributed by atoms with E-state index < -0.39 is 0 Å². The lowest BCUT2D eigenvalue weighted by atomic mass is 9.87. The number of hydrogen-bond donors (Lipinski definition) is 1. The monoisotopic (exact) mass is 268 g/mol. The molecule has 0 aliphatic heterocycles. The van der Waals surface area contributed by atoms with E-state index in [0.717, 1.165) is 30.7 Å². The van der Waals surface area contributed by atoms with Crippen LogP contribution in [0.2, 0.25) is 0 Å². The molecule has 2 aliphatic rings. The van der Waals surface area contributed by atoms with Crippen molar-refractivity contribution in [1.29, 1.82) is 0 Å². The molecule has 2 aliphatic carbocycles. The summed E-state index contributed by atoms with van der Waals surface area (Å²) in [5, 5.41) is 0. The highest BCUT2D eigenvalue weighted by Gasteiger charge is 2.39. The van der Waals surface area contributed by atoms with Crippen molar-refractivity contribution < 1.29 is 0 Å². The van der Waals surface area contributed by atoms with Crippen molar-refractivity contribution in [3.63, 3.8) is 0 Å². The summed E-state index contributed by atoms with van der Waals surface area (Å²) in [5.41, 5.74) is 5.78. The molecule has 2 fully saturated rings. The number of nitrogens with zero attached hydrogens (tertiary/aromatic N) is 1. The van der Waals surface area contributed by atoms with Crippen molar-refractivity contribution in [3.05, 3.63) is 0 Å². The molecular weight excluding hydrogens is 240 g/mol. The normalized spacial score (nSPS) is 31.2. The molecule has 0 radical (unpaired) electrons. The highest BCUT2D eigenvalue weighted by atomic mass is 32.1. The van der Waals surface area contributed by atoms with Crippen molar-refractivity contribution in [1.82, 2.24) is 4.90 Å². The Morgan fingerprint density at radius 3 is 2.56 bits per heavy atom. The zero-order chi connectivity index (χ0) is 13.3. The quantitative estimate of drug-likeness (QED) is 0.751. The van der Waals surface area contributed by atoms with Gasteiger partial charge >= 0.3 is 0 Å². The predicted octanol–water partition coefficient (Wildman–Crippen LogP) is 3.06. The zero-order valence-corrected chi connectivity index (χ0v) is 12.9. The smallest absolute Gasteiger partial charge is 0.0784 e. The molecule has 0 aromatic carbocycles. The fraction of sp³-hybridized carbons (Fsp3) is 0.933. The van der Waals surface area contributed by atoms with Gasteiger partial charge in [0.2, 0.25) is 0 Å². The van der Waals surface area contributed by atoms with E-state index in [1.807, 2.05) is 0 Å². The summed E-state index contributed by atoms with van der Waals surface area (Å²) in [5.74, 6) is 3.05. The Kier molecular flexibility index (Phi) is 4.32. The molecule has 0 aromatic rings. The van der Waals surface area contributed by atoms with Crippen LogP contribution in [0.4, 0.5) is 0 Å². The second-order valence-corrected chi connectivity index (χ2v) is 7.64. The van der Waals surface area contributed by atoms with Gasteiger partial charge < -0.3 is 10.6 Å². The Hall–Kier alpha value is -0.150. The van der Waals surface area contributed by atoms with Crippen molar-refractivity contribution in [2.45, 2.75) is 46.0 Å². The Bertz CT molecular complexity index is 314. The topological polar surface area (TPSA) is 29.3 Å². The average Bonchev–Trinajstić information content (AvgIpc) is 2.88. The molecule has 0 spiro atoms. The maximum atomic E-state index is 5.78. The van der Waals surface area contributed by atoms with Crippen LogP contribution in [-0.2, 0) is 0 Å². The molecule has 104 valence electrons. The molecule has 2 rings (SSSR count). The van der Waals surface area contributed by atoms with E-state index in [4.69, 9.17) is 18.0 Å². The van der Waals surface area contributed by atoms with Crippen LogP contribution in [-0.4, -0.2) is 30.0 Å². The molecule has 3 unspecified atom stereocenters. The minimum Gasteiger partial charge on any atom is -0.393 e. The molecule has 2 saturated carbocycles. The summed E-state index contributed by atoms with van der Waals surface area (Å²) < 4.78 is 0. The van der Waals surface area contributed by atoms with Gasteiger partial charge in [-0.05, 0) is 57.0 Å². The van der Waals surface area contributed by atoms with Gasteiger partial charge in [-0.3, -0.25) is 0 Å². The molecule has 0 aromatic heterocycles. The second kappa shape index (κ2) is 5.46. The summed E-state index contributed by atoms with van der Waals surface area (Å²) in [4.78, 5) is 3.14. The van der Waals surface area contributed by atoms with Crippen LogP contribution in [0.1, 0.15) is 46.0 Å². The van der Waals surface area contributed by atoms with Gasteiger partial charge in [0.05, 0.1) is 4.99 Å². The van der Waals surface area contributed by atoms with E-state index in [0.29, 0.717) is 4.99 Å². The van der Waals surface area contributed by atoms with Gasteiger partial charge in [-0.1, -0.05) is 32.5 Å². The minimum atomic E-state index is -0.00171. The first-order valence-electron chi connectivity index (χ1n) is 7.37. The molecule has 2 nitrogen and oxygen atoms in total. The zero-order valence-electron chi connectivity index (χ0n) is 12.1. The first kappa shape index (κ1) is 14.3. The molecule has 3 atom stereocenters. The van der Waals surface area contributed by atoms with E-state index >= 15 is 0 Å². The average molecular weight is 268 g/mol. The lowest BCUT2D eigenvalue weighted by molar-refractivity contribution is 0.207. The third-order valence-electron chi connectivity index (χ3n) is 5.22. The van der Waals surface area contributed by atoms with Gasteiger partial charge in [0.25, 0.3) is 0 Å². The van der Waals surface area contributed by atoms with Crippen LogP contribution in [0.3, 0.4) is 0 Å². The van der Waals surface area contributed by atoms with Crippen LogP contribution in [0.15, 0.2) is 0 Å². The number of hydrogen-bond acceptors (Lipinski definition) is 2. The minimum absolute atomic E-state index is 0.00171. The number of rotatable bonds is 6. The van der Waals surface area contributed by atoms with Crippen LogP contribution in [0, 0.1) is 23.2 Å². The third kappa shape index (κ3) is 3.24. The summed E-state index contributed by atoms with van der Waals surface area (Å²) in [6, 6.07) is 0. The highest BCUT2D eigenvalue weighted by molar-refractivity contribution is 7.80. The Labute approximate surface area is 117 Å². The molecule has 3 heteroatoms. The van der Waals surface area contributed by atoms with Crippen molar-refractivity contribution in [2.24, 2.45) is 28.9 Å². The van der Waals surface area contributed by atoms with E-state index in [2.05, 4.69) is 25.8 Å². The van der Waals surface area contributed by atoms with Gasteiger partial charge in [0, 0.05) is 12.0 Å². The van der Waals surface area contributed by atoms with Crippen LogP contribution in [0.5, 0.6) is 0 Å². The number of fused-ring (bicyclic) bond motifs is 2. The van der Waals surface area contributed by atoms with Gasteiger partial charge in [0.1, 0.15) is 0 Å². The first-order chi connectivity index (χ1) is 8.38. The molecular formula is C15H28N2S. The van der Waals surface area contributed by atoms with Crippen molar-refractivity contribution in [2.75, 3.05) is 20.1 Å². The molecule has 0 saturated heterocycles. The largest absolute Gasteiger partial charge is 0.393 e.